The van der Waals surface area contributed by atoms with Gasteiger partial charge in [0.25, 0.3) is 0 Å². The summed E-state index contributed by atoms with van der Waals surface area (Å²) >= 11 is 0. The van der Waals surface area contributed by atoms with Gasteiger partial charge in [0.15, 0.2) is 0 Å². The average Bonchev–Trinajstić information content (AvgIpc) is 3.22. The Morgan fingerprint density at radius 1 is 1.00 bits per heavy atom. The zero-order valence-electron chi connectivity index (χ0n) is 19.4. The zero-order valence-corrected chi connectivity index (χ0v) is 19.4. The molecule has 0 aliphatic heterocycles. The molecule has 2 aromatic carbocycles. The molecule has 0 saturated heterocycles. The Morgan fingerprint density at radius 2 is 1.69 bits per heavy atom. The van der Waals surface area contributed by atoms with E-state index in [0.717, 1.165) is 42.2 Å². The van der Waals surface area contributed by atoms with Gasteiger partial charge in [0.1, 0.15) is 5.69 Å². The van der Waals surface area contributed by atoms with Gasteiger partial charge in [0.2, 0.25) is 5.88 Å². The van der Waals surface area contributed by atoms with E-state index < -0.39 is 6.10 Å². The van der Waals surface area contributed by atoms with Crippen molar-refractivity contribution in [1.82, 2.24) is 10.1 Å². The first-order valence-electron chi connectivity index (χ1n) is 11.4. The van der Waals surface area contributed by atoms with Gasteiger partial charge in [-0.05, 0) is 25.5 Å². The molecule has 0 bridgehead atoms. The van der Waals surface area contributed by atoms with Gasteiger partial charge in [-0.1, -0.05) is 72.7 Å². The SMILES string of the molecule is CCCN(Cc1c(-c2ccccc2)noc1N(C)Cc1ccccc1)C[C@H](O)COCC. The minimum atomic E-state index is -0.535. The van der Waals surface area contributed by atoms with Crippen molar-refractivity contribution in [2.75, 3.05) is 38.3 Å². The van der Waals surface area contributed by atoms with Crippen LogP contribution in [0.1, 0.15) is 31.4 Å². The number of aromatic nitrogens is 1. The lowest BCUT2D eigenvalue weighted by Crippen LogP contribution is -2.35. The van der Waals surface area contributed by atoms with Gasteiger partial charge in [-0.25, -0.2) is 0 Å². The standard InChI is InChI=1S/C26H35N3O3/c1-4-16-29(18-23(30)20-31-5-2)19-24-25(22-14-10-7-11-15-22)27-32-26(24)28(3)17-21-12-8-6-9-13-21/h6-15,23,30H,4-5,16-20H2,1-3H3/t23-/m0/s1. The summed E-state index contributed by atoms with van der Waals surface area (Å²) in [6, 6.07) is 20.5. The average molecular weight is 438 g/mol. The lowest BCUT2D eigenvalue weighted by Gasteiger charge is -2.26. The molecule has 172 valence electrons. The van der Waals surface area contributed by atoms with Gasteiger partial charge in [0, 0.05) is 38.9 Å². The Balaban J connectivity index is 1.88. The zero-order chi connectivity index (χ0) is 22.8. The molecule has 0 fully saturated rings. The summed E-state index contributed by atoms with van der Waals surface area (Å²) in [6.45, 7) is 7.79. The van der Waals surface area contributed by atoms with Gasteiger partial charge >= 0.3 is 0 Å². The normalized spacial score (nSPS) is 12.3. The highest BCUT2D eigenvalue weighted by Crippen LogP contribution is 2.32. The summed E-state index contributed by atoms with van der Waals surface area (Å²) < 4.78 is 11.3. The third-order valence-corrected chi connectivity index (χ3v) is 5.33. The predicted octanol–water partition coefficient (Wildman–Crippen LogP) is 4.59. The Labute approximate surface area is 191 Å². The van der Waals surface area contributed by atoms with E-state index in [1.807, 2.05) is 50.4 Å². The van der Waals surface area contributed by atoms with E-state index in [1.165, 1.54) is 5.56 Å². The number of ether oxygens (including phenoxy) is 1. The van der Waals surface area contributed by atoms with E-state index in [2.05, 4.69) is 46.1 Å². The second-order valence-corrected chi connectivity index (χ2v) is 8.07. The molecule has 0 unspecified atom stereocenters. The fourth-order valence-electron chi connectivity index (χ4n) is 3.87. The van der Waals surface area contributed by atoms with Crippen LogP contribution in [0.5, 0.6) is 0 Å². The molecule has 1 aromatic heterocycles. The Hall–Kier alpha value is -2.67. The molecule has 3 rings (SSSR count). The molecule has 1 N–H and O–H groups in total. The second-order valence-electron chi connectivity index (χ2n) is 8.07. The molecule has 6 nitrogen and oxygen atoms in total. The van der Waals surface area contributed by atoms with Crippen LogP contribution in [-0.2, 0) is 17.8 Å². The Morgan fingerprint density at radius 3 is 2.34 bits per heavy atom. The van der Waals surface area contributed by atoms with E-state index >= 15 is 0 Å². The van der Waals surface area contributed by atoms with Crippen LogP contribution in [0, 0.1) is 0 Å². The minimum Gasteiger partial charge on any atom is -0.389 e. The molecule has 32 heavy (non-hydrogen) atoms. The van der Waals surface area contributed by atoms with Gasteiger partial charge < -0.3 is 19.3 Å². The molecule has 0 amide bonds. The molecule has 0 aliphatic carbocycles. The van der Waals surface area contributed by atoms with Crippen LogP contribution >= 0.6 is 0 Å². The fraction of sp³-hybridized carbons (Fsp3) is 0.423. The van der Waals surface area contributed by atoms with Crippen LogP contribution in [0.25, 0.3) is 11.3 Å². The lowest BCUT2D eigenvalue weighted by molar-refractivity contribution is 0.0196. The van der Waals surface area contributed by atoms with Crippen molar-refractivity contribution in [2.45, 2.75) is 39.5 Å². The summed E-state index contributed by atoms with van der Waals surface area (Å²) in [4.78, 5) is 4.35. The third-order valence-electron chi connectivity index (χ3n) is 5.33. The second kappa shape index (κ2) is 12.4. The van der Waals surface area contributed by atoms with E-state index in [4.69, 9.17) is 9.26 Å². The maximum absolute atomic E-state index is 10.4. The number of aliphatic hydroxyl groups excluding tert-OH is 1. The highest BCUT2D eigenvalue weighted by Gasteiger charge is 2.24. The van der Waals surface area contributed by atoms with Gasteiger partial charge in [-0.2, -0.15) is 0 Å². The van der Waals surface area contributed by atoms with Crippen molar-refractivity contribution in [3.8, 4) is 11.3 Å². The number of aliphatic hydroxyl groups is 1. The summed E-state index contributed by atoms with van der Waals surface area (Å²) in [5.74, 6) is 0.758. The van der Waals surface area contributed by atoms with Crippen molar-refractivity contribution < 1.29 is 14.4 Å². The van der Waals surface area contributed by atoms with E-state index in [-0.39, 0.29) is 0 Å². The highest BCUT2D eigenvalue weighted by atomic mass is 16.5. The highest BCUT2D eigenvalue weighted by molar-refractivity contribution is 5.68. The van der Waals surface area contributed by atoms with E-state index in [9.17, 15) is 5.11 Å². The summed E-state index contributed by atoms with van der Waals surface area (Å²) in [5.41, 5.74) is 4.11. The maximum Gasteiger partial charge on any atom is 0.232 e. The Kier molecular flexibility index (Phi) is 9.28. The number of anilines is 1. The maximum atomic E-state index is 10.4. The monoisotopic (exact) mass is 437 g/mol. The summed E-state index contributed by atoms with van der Waals surface area (Å²) in [6.07, 6.45) is 0.453. The van der Waals surface area contributed by atoms with Crippen molar-refractivity contribution in [1.29, 1.82) is 0 Å². The van der Waals surface area contributed by atoms with Crippen molar-refractivity contribution in [2.24, 2.45) is 0 Å². The first-order chi connectivity index (χ1) is 15.6. The number of hydrogen-bond acceptors (Lipinski definition) is 6. The lowest BCUT2D eigenvalue weighted by atomic mass is 10.1. The van der Waals surface area contributed by atoms with Crippen molar-refractivity contribution >= 4 is 5.88 Å². The Bertz CT molecular complexity index is 915. The number of rotatable bonds is 13. The van der Waals surface area contributed by atoms with Crippen LogP contribution in [0.15, 0.2) is 65.2 Å². The van der Waals surface area contributed by atoms with Gasteiger partial charge in [0.05, 0.1) is 18.3 Å². The van der Waals surface area contributed by atoms with E-state index in [1.54, 1.807) is 0 Å². The van der Waals surface area contributed by atoms with Crippen LogP contribution in [0.3, 0.4) is 0 Å². The summed E-state index contributed by atoms with van der Waals surface area (Å²) in [7, 11) is 2.03. The molecule has 0 aliphatic rings. The fourth-order valence-corrected chi connectivity index (χ4v) is 3.87. The molecule has 0 spiro atoms. The molecule has 6 heteroatoms. The van der Waals surface area contributed by atoms with Crippen LogP contribution in [-0.4, -0.2) is 54.6 Å². The molecule has 1 atom stereocenters. The number of nitrogens with zero attached hydrogens (tertiary/aromatic N) is 3. The van der Waals surface area contributed by atoms with Crippen LogP contribution in [0.2, 0.25) is 0 Å². The first-order valence-corrected chi connectivity index (χ1v) is 11.4. The van der Waals surface area contributed by atoms with Crippen molar-refractivity contribution in [3.05, 3.63) is 71.8 Å². The first kappa shape index (κ1) is 24.0. The predicted molar refractivity (Wildman–Crippen MR) is 129 cm³/mol. The quantitative estimate of drug-likeness (QED) is 0.422. The van der Waals surface area contributed by atoms with Crippen LogP contribution in [0.4, 0.5) is 5.88 Å². The molecule has 1 heterocycles. The minimum absolute atomic E-state index is 0.340. The van der Waals surface area contributed by atoms with Crippen LogP contribution < -0.4 is 4.90 Å². The molecular formula is C26H35N3O3. The van der Waals surface area contributed by atoms with Gasteiger partial charge in [-0.3, -0.25) is 4.90 Å². The summed E-state index contributed by atoms with van der Waals surface area (Å²) in [5, 5.41) is 14.9. The number of benzene rings is 2. The van der Waals surface area contributed by atoms with Crippen molar-refractivity contribution in [3.63, 3.8) is 0 Å². The smallest absolute Gasteiger partial charge is 0.232 e. The molecule has 3 aromatic rings. The van der Waals surface area contributed by atoms with Gasteiger partial charge in [-0.15, -0.1) is 0 Å². The third kappa shape index (κ3) is 6.66. The topological polar surface area (TPSA) is 62.0 Å². The molecule has 0 radical (unpaired) electrons. The van der Waals surface area contributed by atoms with E-state index in [0.29, 0.717) is 26.3 Å². The number of hydrogen-bond donors (Lipinski definition) is 1. The molecule has 0 saturated carbocycles. The molecular weight excluding hydrogens is 402 g/mol. The largest absolute Gasteiger partial charge is 0.389 e.